The van der Waals surface area contributed by atoms with Crippen LogP contribution in [-0.4, -0.2) is 15.8 Å². The summed E-state index contributed by atoms with van der Waals surface area (Å²) in [6, 6.07) is 3.75. The van der Waals surface area contributed by atoms with E-state index in [1.54, 1.807) is 18.6 Å². The van der Waals surface area contributed by atoms with Crippen molar-refractivity contribution in [1.29, 1.82) is 0 Å². The summed E-state index contributed by atoms with van der Waals surface area (Å²) < 4.78 is 10.7. The van der Waals surface area contributed by atoms with Gasteiger partial charge in [0.05, 0.1) is 6.26 Å². The van der Waals surface area contributed by atoms with Crippen LogP contribution in [0.2, 0.25) is 0 Å². The fourth-order valence-corrected chi connectivity index (χ4v) is 1.38. The zero-order valence-electron chi connectivity index (χ0n) is 5.78. The monoisotopic (exact) mass is 155 g/mol. The third-order valence-corrected chi connectivity index (χ3v) is 1.86. The summed E-state index contributed by atoms with van der Waals surface area (Å²) in [5.41, 5.74) is 1.08. The second-order valence-corrected chi connectivity index (χ2v) is 3.51. The molecule has 0 spiro atoms. The minimum atomic E-state index is -0.744. The molecule has 54 valence electrons. The molecule has 0 aliphatic heterocycles. The van der Waals surface area contributed by atoms with Gasteiger partial charge in [-0.25, -0.2) is 0 Å². The van der Waals surface area contributed by atoms with Gasteiger partial charge in [0, 0.05) is 18.0 Å². The molecule has 0 fully saturated rings. The highest BCUT2D eigenvalue weighted by Crippen LogP contribution is 2.01. The van der Waals surface area contributed by atoms with Crippen molar-refractivity contribution in [2.24, 2.45) is 0 Å². The van der Waals surface area contributed by atoms with Crippen molar-refractivity contribution in [3.63, 3.8) is 0 Å². The Balaban J connectivity index is 2.59. The first-order valence-electron chi connectivity index (χ1n) is 2.98. The molecule has 0 saturated carbocycles. The Morgan fingerprint density at radius 3 is 2.60 bits per heavy atom. The van der Waals surface area contributed by atoms with Crippen LogP contribution in [-0.2, 0) is 16.9 Å². The molecule has 10 heavy (non-hydrogen) atoms. The first-order chi connectivity index (χ1) is 4.79. The van der Waals surface area contributed by atoms with E-state index in [2.05, 4.69) is 4.98 Å². The number of hydrogen-bond acceptors (Lipinski definition) is 2. The van der Waals surface area contributed by atoms with Gasteiger partial charge in [0.2, 0.25) is 0 Å². The Hall–Kier alpha value is -0.540. The lowest BCUT2D eigenvalue weighted by molar-refractivity contribution is 0.600. The van der Waals surface area contributed by atoms with Crippen LogP contribution in [0.15, 0.2) is 24.5 Å². The van der Waals surface area contributed by atoms with Crippen molar-refractivity contribution in [3.05, 3.63) is 30.1 Å². The number of aromatic nitrogens is 1. The predicted molar refractivity (Wildman–Crippen MR) is 42.0 cm³/mol. The van der Waals surface area contributed by atoms with Gasteiger partial charge in [0.15, 0.2) is 0 Å². The van der Waals surface area contributed by atoms with Gasteiger partial charge in [-0.1, -0.05) is 11.2 Å². The molecule has 1 aromatic heterocycles. The van der Waals surface area contributed by atoms with E-state index in [0.29, 0.717) is 5.75 Å². The number of nitrogens with zero attached hydrogens (tertiary/aromatic N) is 1. The number of hydrogen-bond donors (Lipinski definition) is 0. The minimum Gasteiger partial charge on any atom is -0.616 e. The van der Waals surface area contributed by atoms with E-state index in [9.17, 15) is 4.55 Å². The zero-order valence-corrected chi connectivity index (χ0v) is 6.60. The van der Waals surface area contributed by atoms with Crippen molar-refractivity contribution in [2.75, 3.05) is 6.26 Å². The average molecular weight is 155 g/mol. The molecular formula is C7H9NOS. The Labute approximate surface area is 63.5 Å². The van der Waals surface area contributed by atoms with Crippen molar-refractivity contribution < 1.29 is 4.55 Å². The Morgan fingerprint density at radius 2 is 2.10 bits per heavy atom. The summed E-state index contributed by atoms with van der Waals surface area (Å²) in [5, 5.41) is 0. The maximum absolute atomic E-state index is 10.7. The van der Waals surface area contributed by atoms with E-state index in [1.807, 2.05) is 12.1 Å². The topological polar surface area (TPSA) is 36.0 Å². The van der Waals surface area contributed by atoms with Gasteiger partial charge < -0.3 is 4.55 Å². The first-order valence-corrected chi connectivity index (χ1v) is 4.70. The van der Waals surface area contributed by atoms with E-state index < -0.39 is 11.2 Å². The molecule has 1 rings (SSSR count). The Bertz CT molecular complexity index is 188. The Kier molecular flexibility index (Phi) is 2.71. The lowest BCUT2D eigenvalue weighted by Crippen LogP contribution is -2.00. The van der Waals surface area contributed by atoms with E-state index >= 15 is 0 Å². The normalized spacial score (nSPS) is 13.0. The summed E-state index contributed by atoms with van der Waals surface area (Å²) in [5.74, 6) is 0.628. The second-order valence-electron chi connectivity index (χ2n) is 2.07. The van der Waals surface area contributed by atoms with E-state index in [0.717, 1.165) is 5.56 Å². The van der Waals surface area contributed by atoms with Gasteiger partial charge in [0.1, 0.15) is 5.75 Å². The van der Waals surface area contributed by atoms with E-state index in [4.69, 9.17) is 0 Å². The summed E-state index contributed by atoms with van der Waals surface area (Å²) in [4.78, 5) is 3.85. The molecule has 1 unspecified atom stereocenters. The smallest absolute Gasteiger partial charge is 0.130 e. The predicted octanol–water partition coefficient (Wildman–Crippen LogP) is 0.960. The lowest BCUT2D eigenvalue weighted by Gasteiger charge is -2.02. The van der Waals surface area contributed by atoms with Gasteiger partial charge in [0.25, 0.3) is 0 Å². The van der Waals surface area contributed by atoms with Crippen LogP contribution in [0.25, 0.3) is 0 Å². The largest absolute Gasteiger partial charge is 0.616 e. The molecule has 2 nitrogen and oxygen atoms in total. The quantitative estimate of drug-likeness (QED) is 0.596. The van der Waals surface area contributed by atoms with Crippen LogP contribution < -0.4 is 0 Å². The molecule has 0 amide bonds. The van der Waals surface area contributed by atoms with Crippen molar-refractivity contribution in [2.45, 2.75) is 5.75 Å². The second kappa shape index (κ2) is 3.58. The standard InChI is InChI=1S/C7H9NOS/c1-10(9)6-7-2-4-8-5-3-7/h2-5H,6H2,1H3. The summed E-state index contributed by atoms with van der Waals surface area (Å²) in [7, 11) is 0. The molecule has 0 bridgehead atoms. The molecular weight excluding hydrogens is 146 g/mol. The maximum atomic E-state index is 10.7. The summed E-state index contributed by atoms with van der Waals surface area (Å²) in [6.07, 6.45) is 5.12. The molecule has 0 saturated heterocycles. The highest BCUT2D eigenvalue weighted by Gasteiger charge is 1.97. The van der Waals surface area contributed by atoms with E-state index in [-0.39, 0.29) is 0 Å². The molecule has 0 aliphatic carbocycles. The zero-order chi connectivity index (χ0) is 7.40. The van der Waals surface area contributed by atoms with E-state index in [1.165, 1.54) is 0 Å². The molecule has 0 aromatic carbocycles. The van der Waals surface area contributed by atoms with Gasteiger partial charge in [-0.2, -0.15) is 0 Å². The van der Waals surface area contributed by atoms with Crippen LogP contribution in [0.3, 0.4) is 0 Å². The first kappa shape index (κ1) is 7.57. The highest BCUT2D eigenvalue weighted by molar-refractivity contribution is 7.89. The van der Waals surface area contributed by atoms with Gasteiger partial charge in [-0.05, 0) is 12.1 Å². The average Bonchev–Trinajstić information content (AvgIpc) is 1.88. The van der Waals surface area contributed by atoms with Crippen LogP contribution in [0.5, 0.6) is 0 Å². The lowest BCUT2D eigenvalue weighted by atomic mass is 10.3. The number of rotatable bonds is 2. The van der Waals surface area contributed by atoms with Crippen molar-refractivity contribution in [1.82, 2.24) is 4.98 Å². The molecule has 1 heterocycles. The fraction of sp³-hybridized carbons (Fsp3) is 0.286. The van der Waals surface area contributed by atoms with Crippen molar-refractivity contribution in [3.8, 4) is 0 Å². The molecule has 1 aromatic rings. The third kappa shape index (κ3) is 2.37. The van der Waals surface area contributed by atoms with Crippen LogP contribution >= 0.6 is 0 Å². The van der Waals surface area contributed by atoms with Crippen LogP contribution in [0.1, 0.15) is 5.56 Å². The minimum absolute atomic E-state index is 0.628. The molecule has 3 heteroatoms. The van der Waals surface area contributed by atoms with Gasteiger partial charge in [-0.3, -0.25) is 4.98 Å². The highest BCUT2D eigenvalue weighted by atomic mass is 32.2. The van der Waals surface area contributed by atoms with Crippen LogP contribution in [0, 0.1) is 0 Å². The van der Waals surface area contributed by atoms with Gasteiger partial charge in [-0.15, -0.1) is 0 Å². The summed E-state index contributed by atoms with van der Waals surface area (Å²) in [6.45, 7) is 0. The SMILES string of the molecule is C[S+]([O-])Cc1ccncc1. The molecule has 0 N–H and O–H groups in total. The number of pyridine rings is 1. The van der Waals surface area contributed by atoms with Crippen LogP contribution in [0.4, 0.5) is 0 Å². The molecule has 0 aliphatic rings. The van der Waals surface area contributed by atoms with Crippen molar-refractivity contribution >= 4 is 11.2 Å². The maximum Gasteiger partial charge on any atom is 0.130 e. The third-order valence-electron chi connectivity index (χ3n) is 1.12. The fourth-order valence-electron chi connectivity index (χ4n) is 0.714. The van der Waals surface area contributed by atoms with Gasteiger partial charge >= 0.3 is 0 Å². The summed E-state index contributed by atoms with van der Waals surface area (Å²) >= 11 is -0.744. The molecule has 1 atom stereocenters. The Morgan fingerprint density at radius 1 is 1.50 bits per heavy atom. The molecule has 0 radical (unpaired) electrons.